The molecule has 0 aliphatic carbocycles. The molecule has 2 aromatic rings. The Morgan fingerprint density at radius 1 is 1.21 bits per heavy atom. The first-order valence-corrected chi connectivity index (χ1v) is 7.08. The average molecular weight is 321 g/mol. The fourth-order valence-corrected chi connectivity index (χ4v) is 2.06. The minimum absolute atomic E-state index is 0.639. The van der Waals surface area contributed by atoms with E-state index in [-0.39, 0.29) is 0 Å². The summed E-state index contributed by atoms with van der Waals surface area (Å²) in [6, 6.07) is 3.81. The first kappa shape index (κ1) is 14.1. The number of hydrogen-bond acceptors (Lipinski definition) is 4. The number of hydrogen-bond donors (Lipinski definition) is 1. The number of nitrogens with one attached hydrogen (secondary N) is 1. The molecule has 0 radical (unpaired) electrons. The van der Waals surface area contributed by atoms with E-state index >= 15 is 0 Å². The van der Waals surface area contributed by atoms with Crippen LogP contribution in [0.1, 0.15) is 19.4 Å². The summed E-state index contributed by atoms with van der Waals surface area (Å²) < 4.78 is 0.903. The summed E-state index contributed by atoms with van der Waals surface area (Å²) in [5.41, 5.74) is 1.85. The van der Waals surface area contributed by atoms with Gasteiger partial charge in [0.25, 0.3) is 0 Å². The lowest BCUT2D eigenvalue weighted by molar-refractivity contribution is 0.551. The van der Waals surface area contributed by atoms with Gasteiger partial charge in [-0.15, -0.1) is 0 Å². The molecule has 0 saturated carbocycles. The van der Waals surface area contributed by atoms with Crippen molar-refractivity contribution in [3.63, 3.8) is 0 Å². The van der Waals surface area contributed by atoms with Crippen LogP contribution in [-0.2, 0) is 6.54 Å². The van der Waals surface area contributed by atoms with E-state index in [2.05, 4.69) is 50.0 Å². The second-order valence-electron chi connectivity index (χ2n) is 4.77. The molecule has 0 aliphatic heterocycles. The molecule has 0 saturated heterocycles. The minimum atomic E-state index is 0.639. The van der Waals surface area contributed by atoms with E-state index in [1.807, 2.05) is 24.5 Å². The van der Waals surface area contributed by atoms with Gasteiger partial charge in [0.05, 0.1) is 0 Å². The van der Waals surface area contributed by atoms with Crippen molar-refractivity contribution in [2.24, 2.45) is 5.92 Å². The SMILES string of the molecule is CC(C)CNCc1cnc(-c2ncccc2Br)nc1. The van der Waals surface area contributed by atoms with Crippen molar-refractivity contribution < 1.29 is 0 Å². The molecule has 0 unspecified atom stereocenters. The molecular weight excluding hydrogens is 304 g/mol. The summed E-state index contributed by atoms with van der Waals surface area (Å²) in [7, 11) is 0. The second-order valence-corrected chi connectivity index (χ2v) is 5.63. The average Bonchev–Trinajstić information content (AvgIpc) is 2.40. The van der Waals surface area contributed by atoms with Crippen molar-refractivity contribution in [3.05, 3.63) is 40.8 Å². The number of pyridine rings is 1. The fraction of sp³-hybridized carbons (Fsp3) is 0.357. The normalized spacial score (nSPS) is 10.9. The highest BCUT2D eigenvalue weighted by Gasteiger charge is 2.06. The Morgan fingerprint density at radius 2 is 1.95 bits per heavy atom. The number of halogens is 1. The lowest BCUT2D eigenvalue weighted by atomic mass is 10.2. The molecule has 1 N–H and O–H groups in total. The summed E-state index contributed by atoms with van der Waals surface area (Å²) in [5, 5.41) is 3.37. The van der Waals surface area contributed by atoms with Crippen molar-refractivity contribution >= 4 is 15.9 Å². The zero-order valence-corrected chi connectivity index (χ0v) is 12.7. The topological polar surface area (TPSA) is 50.7 Å². The maximum Gasteiger partial charge on any atom is 0.179 e. The molecule has 0 aliphatic rings. The third kappa shape index (κ3) is 4.08. The van der Waals surface area contributed by atoms with E-state index in [0.29, 0.717) is 11.7 Å². The van der Waals surface area contributed by atoms with Crippen molar-refractivity contribution in [2.75, 3.05) is 6.54 Å². The lowest BCUT2D eigenvalue weighted by Crippen LogP contribution is -2.19. The zero-order chi connectivity index (χ0) is 13.7. The van der Waals surface area contributed by atoms with Gasteiger partial charge in [-0.2, -0.15) is 0 Å². The molecule has 0 amide bonds. The maximum absolute atomic E-state index is 4.36. The van der Waals surface area contributed by atoms with E-state index in [0.717, 1.165) is 28.8 Å². The molecule has 0 spiro atoms. The highest BCUT2D eigenvalue weighted by atomic mass is 79.9. The second kappa shape index (κ2) is 6.73. The first-order valence-electron chi connectivity index (χ1n) is 6.29. The van der Waals surface area contributed by atoms with Gasteiger partial charge in [0, 0.05) is 35.2 Å². The van der Waals surface area contributed by atoms with E-state index in [4.69, 9.17) is 0 Å². The fourth-order valence-electron chi connectivity index (χ4n) is 1.62. The summed E-state index contributed by atoms with van der Waals surface area (Å²) >= 11 is 3.45. The molecule has 19 heavy (non-hydrogen) atoms. The number of aromatic nitrogens is 3. The van der Waals surface area contributed by atoms with Crippen LogP contribution in [0.2, 0.25) is 0 Å². The zero-order valence-electron chi connectivity index (χ0n) is 11.1. The Kier molecular flexibility index (Phi) is 4.99. The highest BCUT2D eigenvalue weighted by molar-refractivity contribution is 9.10. The van der Waals surface area contributed by atoms with Crippen LogP contribution in [0.3, 0.4) is 0 Å². The van der Waals surface area contributed by atoms with E-state index in [9.17, 15) is 0 Å². The van der Waals surface area contributed by atoms with Crippen LogP contribution < -0.4 is 5.32 Å². The van der Waals surface area contributed by atoms with Gasteiger partial charge in [-0.25, -0.2) is 9.97 Å². The third-order valence-corrected chi connectivity index (χ3v) is 3.20. The lowest BCUT2D eigenvalue weighted by Gasteiger charge is -2.07. The Bertz CT molecular complexity index is 525. The molecule has 0 fully saturated rings. The molecule has 0 aromatic carbocycles. The van der Waals surface area contributed by atoms with Gasteiger partial charge in [0.1, 0.15) is 5.69 Å². The third-order valence-electron chi connectivity index (χ3n) is 2.56. The van der Waals surface area contributed by atoms with Crippen LogP contribution in [-0.4, -0.2) is 21.5 Å². The largest absolute Gasteiger partial charge is 0.312 e. The van der Waals surface area contributed by atoms with Crippen LogP contribution in [0.5, 0.6) is 0 Å². The molecule has 2 rings (SSSR count). The van der Waals surface area contributed by atoms with Crippen molar-refractivity contribution in [2.45, 2.75) is 20.4 Å². The first-order chi connectivity index (χ1) is 9.16. The molecule has 2 aromatic heterocycles. The summed E-state index contributed by atoms with van der Waals surface area (Å²) in [6.07, 6.45) is 5.43. The van der Waals surface area contributed by atoms with Crippen molar-refractivity contribution in [3.8, 4) is 11.5 Å². The minimum Gasteiger partial charge on any atom is -0.312 e. The molecule has 4 nitrogen and oxygen atoms in total. The summed E-state index contributed by atoms with van der Waals surface area (Å²) in [5.74, 6) is 1.28. The van der Waals surface area contributed by atoms with Gasteiger partial charge < -0.3 is 5.32 Å². The van der Waals surface area contributed by atoms with Crippen LogP contribution in [0.25, 0.3) is 11.5 Å². The van der Waals surface area contributed by atoms with Crippen LogP contribution in [0.15, 0.2) is 35.2 Å². The maximum atomic E-state index is 4.36. The molecule has 0 atom stereocenters. The predicted octanol–water partition coefficient (Wildman–Crippen LogP) is 3.05. The summed E-state index contributed by atoms with van der Waals surface area (Å²) in [4.78, 5) is 13.0. The van der Waals surface area contributed by atoms with Gasteiger partial charge in [-0.1, -0.05) is 13.8 Å². The number of rotatable bonds is 5. The number of nitrogens with zero attached hydrogens (tertiary/aromatic N) is 3. The molecule has 0 bridgehead atoms. The van der Waals surface area contributed by atoms with Crippen LogP contribution in [0.4, 0.5) is 0 Å². The van der Waals surface area contributed by atoms with Gasteiger partial charge in [0.2, 0.25) is 0 Å². The molecular formula is C14H17BrN4. The standard InChI is InChI=1S/C14H17BrN4/c1-10(2)6-16-7-11-8-18-14(19-9-11)13-12(15)4-3-5-17-13/h3-5,8-10,16H,6-7H2,1-2H3. The smallest absolute Gasteiger partial charge is 0.179 e. The van der Waals surface area contributed by atoms with E-state index in [1.165, 1.54) is 0 Å². The van der Waals surface area contributed by atoms with Gasteiger partial charge in [0.15, 0.2) is 5.82 Å². The Labute approximate surface area is 121 Å². The van der Waals surface area contributed by atoms with E-state index < -0.39 is 0 Å². The summed E-state index contributed by atoms with van der Waals surface area (Å²) in [6.45, 7) is 6.16. The Morgan fingerprint density at radius 3 is 2.58 bits per heavy atom. The Balaban J connectivity index is 2.04. The van der Waals surface area contributed by atoms with Crippen molar-refractivity contribution in [1.82, 2.24) is 20.3 Å². The van der Waals surface area contributed by atoms with E-state index in [1.54, 1.807) is 6.20 Å². The highest BCUT2D eigenvalue weighted by Crippen LogP contribution is 2.21. The van der Waals surface area contributed by atoms with Crippen molar-refractivity contribution in [1.29, 1.82) is 0 Å². The van der Waals surface area contributed by atoms with Crippen LogP contribution in [0, 0.1) is 5.92 Å². The van der Waals surface area contributed by atoms with Crippen LogP contribution >= 0.6 is 15.9 Å². The molecule has 5 heteroatoms. The molecule has 2 heterocycles. The monoisotopic (exact) mass is 320 g/mol. The quantitative estimate of drug-likeness (QED) is 0.920. The Hall–Kier alpha value is -1.33. The molecule has 100 valence electrons. The van der Waals surface area contributed by atoms with Gasteiger partial charge in [-0.05, 0) is 40.5 Å². The predicted molar refractivity (Wildman–Crippen MR) is 79.5 cm³/mol. The van der Waals surface area contributed by atoms with Gasteiger partial charge >= 0.3 is 0 Å². The van der Waals surface area contributed by atoms with Gasteiger partial charge in [-0.3, -0.25) is 4.98 Å².